The highest BCUT2D eigenvalue weighted by molar-refractivity contribution is 6.10. The summed E-state index contributed by atoms with van der Waals surface area (Å²) < 4.78 is 11.5. The van der Waals surface area contributed by atoms with Gasteiger partial charge in [0.05, 0.1) is 24.3 Å². The molecule has 1 fully saturated rings. The van der Waals surface area contributed by atoms with Crippen LogP contribution in [0.1, 0.15) is 28.9 Å². The van der Waals surface area contributed by atoms with E-state index in [1.165, 1.54) is 0 Å². The summed E-state index contributed by atoms with van der Waals surface area (Å²) in [5.74, 6) is 1.80. The number of carbonyl (C=O) groups is 1. The zero-order valence-electron chi connectivity index (χ0n) is 19.1. The van der Waals surface area contributed by atoms with Gasteiger partial charge in [0.25, 0.3) is 5.56 Å². The van der Waals surface area contributed by atoms with Crippen molar-refractivity contribution < 1.29 is 14.3 Å². The molecule has 0 atom stereocenters. The first kappa shape index (κ1) is 21.5. The van der Waals surface area contributed by atoms with Crippen molar-refractivity contribution in [2.45, 2.75) is 19.3 Å². The van der Waals surface area contributed by atoms with E-state index in [1.807, 2.05) is 59.5 Å². The van der Waals surface area contributed by atoms with Gasteiger partial charge in [0.15, 0.2) is 11.4 Å². The van der Waals surface area contributed by atoms with Crippen LogP contribution >= 0.6 is 0 Å². The number of para-hydroxylation sites is 1. The van der Waals surface area contributed by atoms with Gasteiger partial charge in [-0.25, -0.2) is 4.98 Å². The van der Waals surface area contributed by atoms with Crippen molar-refractivity contribution >= 4 is 22.8 Å². The number of H-pyrrole nitrogens is 1. The van der Waals surface area contributed by atoms with Crippen LogP contribution in [-0.2, 0) is 11.2 Å². The number of carbonyl (C=O) groups excluding carboxylic acids is 1. The number of aromatic nitrogens is 3. The number of pyridine rings is 1. The van der Waals surface area contributed by atoms with Crippen LogP contribution in [0.5, 0.6) is 11.5 Å². The highest BCUT2D eigenvalue weighted by atomic mass is 16.5. The number of aryl methyl sites for hydroxylation is 1. The summed E-state index contributed by atoms with van der Waals surface area (Å²) in [7, 11) is 0. The molecule has 35 heavy (non-hydrogen) atoms. The third-order valence-electron chi connectivity index (χ3n) is 6.43. The maximum Gasteiger partial charge on any atom is 0.262 e. The molecule has 2 aromatic heterocycles. The molecule has 8 nitrogen and oxygen atoms in total. The fourth-order valence-corrected chi connectivity index (χ4v) is 4.78. The largest absolute Gasteiger partial charge is 0.457 e. The lowest BCUT2D eigenvalue weighted by molar-refractivity contribution is 0.0972. The molecule has 1 aliphatic carbocycles. The number of morpholine rings is 1. The number of fused-ring (bicyclic) bond motifs is 2. The summed E-state index contributed by atoms with van der Waals surface area (Å²) >= 11 is 0. The number of nitrogens with one attached hydrogen (secondary N) is 1. The molecule has 0 bridgehead atoms. The van der Waals surface area contributed by atoms with Crippen LogP contribution in [0.4, 0.5) is 5.95 Å². The number of nitrogens with zero attached hydrogens (tertiary/aromatic N) is 3. The first-order valence-electron chi connectivity index (χ1n) is 11.8. The van der Waals surface area contributed by atoms with Crippen LogP contribution in [0, 0.1) is 0 Å². The van der Waals surface area contributed by atoms with E-state index in [-0.39, 0.29) is 11.3 Å². The second-order valence-electron chi connectivity index (χ2n) is 8.72. The van der Waals surface area contributed by atoms with Crippen LogP contribution in [0.25, 0.3) is 22.2 Å². The van der Waals surface area contributed by atoms with Gasteiger partial charge in [-0.15, -0.1) is 0 Å². The molecule has 176 valence electrons. The van der Waals surface area contributed by atoms with E-state index in [2.05, 4.69) is 4.98 Å². The second kappa shape index (κ2) is 8.96. The van der Waals surface area contributed by atoms with Gasteiger partial charge in [-0.2, -0.15) is 4.98 Å². The smallest absolute Gasteiger partial charge is 0.262 e. The minimum atomic E-state index is -0.311. The molecule has 0 spiro atoms. The average molecular weight is 469 g/mol. The highest BCUT2D eigenvalue weighted by Gasteiger charge is 2.28. The van der Waals surface area contributed by atoms with Crippen molar-refractivity contribution in [3.63, 3.8) is 0 Å². The molecule has 1 N–H and O–H groups in total. The van der Waals surface area contributed by atoms with Gasteiger partial charge in [-0.3, -0.25) is 14.6 Å². The van der Waals surface area contributed by atoms with Gasteiger partial charge in [0, 0.05) is 30.6 Å². The molecule has 8 heteroatoms. The summed E-state index contributed by atoms with van der Waals surface area (Å²) in [6.45, 7) is 2.44. The van der Waals surface area contributed by atoms with Gasteiger partial charge < -0.3 is 14.4 Å². The monoisotopic (exact) mass is 468 g/mol. The molecule has 1 saturated heterocycles. The Morgan fingerprint density at radius 2 is 1.69 bits per heavy atom. The Morgan fingerprint density at radius 3 is 2.51 bits per heavy atom. The number of benzene rings is 2. The fraction of sp³-hybridized carbons (Fsp3) is 0.259. The number of rotatable bonds is 4. The molecule has 0 unspecified atom stereocenters. The van der Waals surface area contributed by atoms with E-state index < -0.39 is 0 Å². The van der Waals surface area contributed by atoms with E-state index in [0.29, 0.717) is 84.4 Å². The predicted octanol–water partition coefficient (Wildman–Crippen LogP) is 4.13. The van der Waals surface area contributed by atoms with Gasteiger partial charge in [-0.1, -0.05) is 30.3 Å². The lowest BCUT2D eigenvalue weighted by atomic mass is 9.86. The number of hydrogen-bond donors (Lipinski definition) is 1. The molecule has 6 rings (SSSR count). The lowest BCUT2D eigenvalue weighted by Crippen LogP contribution is -2.38. The van der Waals surface area contributed by atoms with E-state index in [9.17, 15) is 9.59 Å². The van der Waals surface area contributed by atoms with Crippen molar-refractivity contribution in [2.75, 3.05) is 31.2 Å². The van der Waals surface area contributed by atoms with Crippen LogP contribution < -0.4 is 15.2 Å². The van der Waals surface area contributed by atoms with Gasteiger partial charge in [-0.05, 0) is 42.7 Å². The lowest BCUT2D eigenvalue weighted by Gasteiger charge is -2.27. The molecular formula is C27H24N4O4. The molecule has 0 saturated carbocycles. The fourth-order valence-electron chi connectivity index (χ4n) is 4.78. The number of aromatic amines is 1. The third kappa shape index (κ3) is 4.06. The van der Waals surface area contributed by atoms with Crippen molar-refractivity contribution in [1.29, 1.82) is 0 Å². The van der Waals surface area contributed by atoms with Crippen LogP contribution in [0.15, 0.2) is 59.4 Å². The van der Waals surface area contributed by atoms with Crippen LogP contribution in [0.2, 0.25) is 0 Å². The Hall–Kier alpha value is -4.04. The molecular weight excluding hydrogens is 444 g/mol. The summed E-state index contributed by atoms with van der Waals surface area (Å²) in [4.78, 5) is 40.9. The van der Waals surface area contributed by atoms with E-state index in [0.717, 1.165) is 12.0 Å². The molecule has 2 aromatic carbocycles. The third-order valence-corrected chi connectivity index (χ3v) is 6.43. The molecule has 0 radical (unpaired) electrons. The van der Waals surface area contributed by atoms with Gasteiger partial charge in [0.2, 0.25) is 5.95 Å². The van der Waals surface area contributed by atoms with Crippen LogP contribution in [-0.4, -0.2) is 47.0 Å². The topological polar surface area (TPSA) is 97.4 Å². The standard InChI is InChI=1S/C27H24N4O4/c32-21-11-5-10-20-23(21)22(17-6-4-9-19(16-17)35-18-7-2-1-3-8-18)24-25(28-20)29-27(30-26(24)33)31-12-14-34-15-13-31/h1-4,6-9,16H,5,10-15H2,(H,28,29,30,33). The van der Waals surface area contributed by atoms with E-state index in [1.54, 1.807) is 0 Å². The van der Waals surface area contributed by atoms with Gasteiger partial charge in [0.1, 0.15) is 11.5 Å². The summed E-state index contributed by atoms with van der Waals surface area (Å²) in [5, 5.41) is 0.327. The van der Waals surface area contributed by atoms with Gasteiger partial charge >= 0.3 is 0 Å². The van der Waals surface area contributed by atoms with Crippen molar-refractivity contribution in [3.05, 3.63) is 76.2 Å². The quantitative estimate of drug-likeness (QED) is 0.481. The summed E-state index contributed by atoms with van der Waals surface area (Å²) in [5.41, 5.74) is 2.57. The zero-order chi connectivity index (χ0) is 23.8. The zero-order valence-corrected chi connectivity index (χ0v) is 19.1. The van der Waals surface area contributed by atoms with E-state index in [4.69, 9.17) is 19.4 Å². The molecule has 2 aliphatic rings. The highest BCUT2D eigenvalue weighted by Crippen LogP contribution is 2.37. The second-order valence-corrected chi connectivity index (χ2v) is 8.72. The first-order chi connectivity index (χ1) is 17.2. The number of hydrogen-bond acceptors (Lipinski definition) is 7. The van der Waals surface area contributed by atoms with E-state index >= 15 is 0 Å². The summed E-state index contributed by atoms with van der Waals surface area (Å²) in [6.07, 6.45) is 1.84. The number of ether oxygens (including phenoxy) is 2. The molecule has 1 aliphatic heterocycles. The van der Waals surface area contributed by atoms with Crippen molar-refractivity contribution in [2.24, 2.45) is 0 Å². The normalized spacial score (nSPS) is 15.8. The Balaban J connectivity index is 1.54. The van der Waals surface area contributed by atoms with Crippen molar-refractivity contribution in [3.8, 4) is 22.6 Å². The Bertz CT molecular complexity index is 1480. The summed E-state index contributed by atoms with van der Waals surface area (Å²) in [6, 6.07) is 17.0. The Morgan fingerprint density at radius 1 is 0.886 bits per heavy atom. The van der Waals surface area contributed by atoms with Crippen molar-refractivity contribution in [1.82, 2.24) is 15.0 Å². The Kier molecular flexibility index (Phi) is 5.50. The molecule has 3 heterocycles. The Labute approximate surface area is 201 Å². The maximum absolute atomic E-state index is 13.5. The maximum atomic E-state index is 13.5. The number of ketones is 1. The minimum Gasteiger partial charge on any atom is -0.457 e. The first-order valence-corrected chi connectivity index (χ1v) is 11.8. The molecule has 4 aromatic rings. The van der Waals surface area contributed by atoms with Crippen LogP contribution in [0.3, 0.4) is 0 Å². The SMILES string of the molecule is O=C1CCCc2nc3nc(N4CCOCC4)[nH]c(=O)c3c(-c3cccc(Oc4ccccc4)c3)c21. The predicted molar refractivity (Wildman–Crippen MR) is 132 cm³/mol. The number of anilines is 1. The average Bonchev–Trinajstić information content (AvgIpc) is 2.89. The minimum absolute atomic E-state index is 0.00156. The number of Topliss-reactive ketones (excluding diaryl/α,β-unsaturated/α-hetero) is 1. The molecule has 0 amide bonds.